The largest absolute Gasteiger partial charge is 0.504 e. The molecule has 0 atom stereocenters. The predicted octanol–water partition coefficient (Wildman–Crippen LogP) is 2.77. The van der Waals surface area contributed by atoms with Crippen molar-refractivity contribution in [2.45, 2.75) is 0 Å². The van der Waals surface area contributed by atoms with Gasteiger partial charge in [0, 0.05) is 18.9 Å². The average Bonchev–Trinajstić information content (AvgIpc) is 2.58. The zero-order valence-electron chi connectivity index (χ0n) is 13.2. The molecule has 0 aliphatic heterocycles. The molecule has 0 bridgehead atoms. The van der Waals surface area contributed by atoms with Gasteiger partial charge < -0.3 is 25.0 Å². The highest BCUT2D eigenvalue weighted by Gasteiger charge is 2.01. The molecule has 0 radical (unpaired) electrons. The number of phenolic OH excluding ortho intramolecular Hbond substituents is 2. The monoisotopic (exact) mass is 329 g/mol. The number of carbonyl (C=O) groups is 1. The minimum atomic E-state index is -0.310. The molecule has 0 heterocycles. The minimum Gasteiger partial charge on any atom is -0.504 e. The number of ether oxygens (including phenoxy) is 2. The summed E-state index contributed by atoms with van der Waals surface area (Å²) in [6, 6.07) is 11.3. The Morgan fingerprint density at radius 3 is 2.50 bits per heavy atom. The standard InChI is InChI=1S/C18H19NO5/c1-23-10-11-24-15-6-4-14(5-7-15)19-18(22)9-3-13-2-8-16(20)17(21)12-13/h2-9,12,20-21H,10-11H2,1H3,(H,19,22)/b9-3+. The molecule has 0 spiro atoms. The lowest BCUT2D eigenvalue weighted by Crippen LogP contribution is -2.08. The summed E-state index contributed by atoms with van der Waals surface area (Å²) in [6.45, 7) is 0.973. The van der Waals surface area contributed by atoms with E-state index in [-0.39, 0.29) is 17.4 Å². The predicted molar refractivity (Wildman–Crippen MR) is 91.2 cm³/mol. The molecule has 6 nitrogen and oxygen atoms in total. The molecule has 0 fully saturated rings. The van der Waals surface area contributed by atoms with E-state index in [1.165, 1.54) is 24.3 Å². The Balaban J connectivity index is 1.89. The number of anilines is 1. The summed E-state index contributed by atoms with van der Waals surface area (Å²) >= 11 is 0. The number of carbonyl (C=O) groups excluding carboxylic acids is 1. The van der Waals surface area contributed by atoms with Gasteiger partial charge in [0.2, 0.25) is 5.91 Å². The molecular formula is C18H19NO5. The molecule has 3 N–H and O–H groups in total. The van der Waals surface area contributed by atoms with Gasteiger partial charge in [-0.25, -0.2) is 0 Å². The molecule has 0 saturated carbocycles. The average molecular weight is 329 g/mol. The Morgan fingerprint density at radius 2 is 1.83 bits per heavy atom. The van der Waals surface area contributed by atoms with Crippen molar-refractivity contribution in [1.82, 2.24) is 0 Å². The zero-order chi connectivity index (χ0) is 17.4. The second-order valence-corrected chi connectivity index (χ2v) is 4.94. The highest BCUT2D eigenvalue weighted by Crippen LogP contribution is 2.25. The molecule has 2 aromatic rings. The SMILES string of the molecule is COCCOc1ccc(NC(=O)/C=C/c2ccc(O)c(O)c2)cc1. The summed E-state index contributed by atoms with van der Waals surface area (Å²) in [5, 5.41) is 21.4. The van der Waals surface area contributed by atoms with Gasteiger partial charge in [0.15, 0.2) is 11.5 Å². The summed E-state index contributed by atoms with van der Waals surface area (Å²) in [5.74, 6) is -0.0539. The fourth-order valence-corrected chi connectivity index (χ4v) is 1.88. The van der Waals surface area contributed by atoms with Crippen molar-refractivity contribution < 1.29 is 24.5 Å². The van der Waals surface area contributed by atoms with E-state index < -0.39 is 0 Å². The lowest BCUT2D eigenvalue weighted by molar-refractivity contribution is -0.111. The maximum atomic E-state index is 11.9. The quantitative estimate of drug-likeness (QED) is 0.413. The number of hydrogen-bond acceptors (Lipinski definition) is 5. The third-order valence-corrected chi connectivity index (χ3v) is 3.10. The molecule has 0 saturated heterocycles. The minimum absolute atomic E-state index is 0.204. The van der Waals surface area contributed by atoms with Gasteiger partial charge in [0.05, 0.1) is 6.61 Å². The van der Waals surface area contributed by atoms with E-state index in [1.807, 2.05) is 0 Å². The van der Waals surface area contributed by atoms with Gasteiger partial charge in [-0.3, -0.25) is 4.79 Å². The first-order valence-electron chi connectivity index (χ1n) is 7.31. The lowest BCUT2D eigenvalue weighted by atomic mass is 10.2. The van der Waals surface area contributed by atoms with Crippen molar-refractivity contribution in [3.63, 3.8) is 0 Å². The second kappa shape index (κ2) is 8.59. The van der Waals surface area contributed by atoms with Crippen LogP contribution in [0.1, 0.15) is 5.56 Å². The van der Waals surface area contributed by atoms with Crippen LogP contribution in [0, 0.1) is 0 Å². The molecule has 6 heteroatoms. The number of amides is 1. The fourth-order valence-electron chi connectivity index (χ4n) is 1.88. The van der Waals surface area contributed by atoms with Crippen LogP contribution in [0.4, 0.5) is 5.69 Å². The Bertz CT molecular complexity index is 710. The zero-order valence-corrected chi connectivity index (χ0v) is 13.2. The first-order chi connectivity index (χ1) is 11.6. The molecule has 126 valence electrons. The second-order valence-electron chi connectivity index (χ2n) is 4.94. The van der Waals surface area contributed by atoms with Gasteiger partial charge in [0.1, 0.15) is 12.4 Å². The maximum absolute atomic E-state index is 11.9. The number of aromatic hydroxyl groups is 2. The van der Waals surface area contributed by atoms with E-state index in [2.05, 4.69) is 5.32 Å². The number of rotatable bonds is 7. The van der Waals surface area contributed by atoms with Gasteiger partial charge in [-0.15, -0.1) is 0 Å². The molecule has 1 amide bonds. The summed E-state index contributed by atoms with van der Waals surface area (Å²) in [6.07, 6.45) is 2.88. The van der Waals surface area contributed by atoms with E-state index in [0.29, 0.717) is 30.2 Å². The van der Waals surface area contributed by atoms with Gasteiger partial charge in [-0.1, -0.05) is 6.07 Å². The van der Waals surface area contributed by atoms with Crippen LogP contribution < -0.4 is 10.1 Å². The van der Waals surface area contributed by atoms with Crippen molar-refractivity contribution in [3.8, 4) is 17.2 Å². The highest BCUT2D eigenvalue weighted by molar-refractivity contribution is 6.01. The Labute approximate surface area is 140 Å². The van der Waals surface area contributed by atoms with E-state index >= 15 is 0 Å². The maximum Gasteiger partial charge on any atom is 0.248 e. The first kappa shape index (κ1) is 17.4. The molecular weight excluding hydrogens is 310 g/mol. The molecule has 2 aromatic carbocycles. The third-order valence-electron chi connectivity index (χ3n) is 3.10. The molecule has 2 rings (SSSR count). The lowest BCUT2D eigenvalue weighted by Gasteiger charge is -2.07. The van der Waals surface area contributed by atoms with Gasteiger partial charge >= 0.3 is 0 Å². The van der Waals surface area contributed by atoms with Crippen LogP contribution in [0.15, 0.2) is 48.5 Å². The first-order valence-corrected chi connectivity index (χ1v) is 7.31. The third kappa shape index (κ3) is 5.33. The smallest absolute Gasteiger partial charge is 0.248 e. The normalized spacial score (nSPS) is 10.7. The van der Waals surface area contributed by atoms with Crippen LogP contribution in [0.5, 0.6) is 17.2 Å². The van der Waals surface area contributed by atoms with Crippen LogP contribution in [-0.4, -0.2) is 36.4 Å². The molecule has 24 heavy (non-hydrogen) atoms. The number of hydrogen-bond donors (Lipinski definition) is 3. The van der Waals surface area contributed by atoms with Crippen LogP contribution in [0.25, 0.3) is 6.08 Å². The van der Waals surface area contributed by atoms with Crippen LogP contribution in [0.2, 0.25) is 0 Å². The van der Waals surface area contributed by atoms with Crippen molar-refractivity contribution >= 4 is 17.7 Å². The van der Waals surface area contributed by atoms with E-state index in [0.717, 1.165) is 0 Å². The van der Waals surface area contributed by atoms with Crippen molar-refractivity contribution in [2.75, 3.05) is 25.6 Å². The summed E-state index contributed by atoms with van der Waals surface area (Å²) in [4.78, 5) is 11.9. The number of methoxy groups -OCH3 is 1. The molecule has 0 unspecified atom stereocenters. The Morgan fingerprint density at radius 1 is 1.08 bits per heavy atom. The van der Waals surface area contributed by atoms with Crippen molar-refractivity contribution in [1.29, 1.82) is 0 Å². The van der Waals surface area contributed by atoms with Gasteiger partial charge in [-0.05, 0) is 48.0 Å². The topological polar surface area (TPSA) is 88.0 Å². The van der Waals surface area contributed by atoms with E-state index in [1.54, 1.807) is 37.4 Å². The molecule has 0 aliphatic carbocycles. The van der Waals surface area contributed by atoms with Gasteiger partial charge in [0.25, 0.3) is 0 Å². The highest BCUT2D eigenvalue weighted by atomic mass is 16.5. The van der Waals surface area contributed by atoms with Gasteiger partial charge in [-0.2, -0.15) is 0 Å². The van der Waals surface area contributed by atoms with E-state index in [4.69, 9.17) is 9.47 Å². The van der Waals surface area contributed by atoms with Crippen molar-refractivity contribution in [2.24, 2.45) is 0 Å². The molecule has 0 aromatic heterocycles. The summed E-state index contributed by atoms with van der Waals surface area (Å²) < 4.78 is 10.3. The number of benzene rings is 2. The van der Waals surface area contributed by atoms with Crippen LogP contribution in [0.3, 0.4) is 0 Å². The summed E-state index contributed by atoms with van der Waals surface area (Å²) in [5.41, 5.74) is 1.24. The van der Waals surface area contributed by atoms with Crippen LogP contribution >= 0.6 is 0 Å². The Hall–Kier alpha value is -2.99. The Kier molecular flexibility index (Phi) is 6.22. The molecule has 0 aliphatic rings. The fraction of sp³-hybridized carbons (Fsp3) is 0.167. The van der Waals surface area contributed by atoms with Crippen molar-refractivity contribution in [3.05, 3.63) is 54.1 Å². The summed E-state index contributed by atoms with van der Waals surface area (Å²) in [7, 11) is 1.61. The number of phenols is 2. The van der Waals surface area contributed by atoms with Crippen LogP contribution in [-0.2, 0) is 9.53 Å². The van der Waals surface area contributed by atoms with E-state index in [9.17, 15) is 15.0 Å². The number of nitrogens with one attached hydrogen (secondary N) is 1.